The smallest absolute Gasteiger partial charge is 0.190 e. The number of rotatable bonds is 5. The van der Waals surface area contributed by atoms with Crippen LogP contribution in [0.25, 0.3) is 0 Å². The second-order valence-electron chi connectivity index (χ2n) is 4.61. The van der Waals surface area contributed by atoms with Crippen molar-refractivity contribution in [3.63, 3.8) is 0 Å². The van der Waals surface area contributed by atoms with E-state index in [-0.39, 0.29) is 11.7 Å². The van der Waals surface area contributed by atoms with E-state index in [2.05, 4.69) is 34.8 Å². The van der Waals surface area contributed by atoms with Gasteiger partial charge in [0.1, 0.15) is 0 Å². The summed E-state index contributed by atoms with van der Waals surface area (Å²) < 4.78 is 1.01. The van der Waals surface area contributed by atoms with Crippen molar-refractivity contribution < 1.29 is 4.79 Å². The maximum absolute atomic E-state index is 12.6. The standard InChI is InChI=1S/C16H18INO/c1-2-3-11-18-15-14(17)10-9-13(16(15)19)12-7-5-4-6-8-12/h4-10,13,18H,2-3,11H2,1H3. The highest BCUT2D eigenvalue weighted by Gasteiger charge is 2.26. The van der Waals surface area contributed by atoms with E-state index in [0.29, 0.717) is 0 Å². The van der Waals surface area contributed by atoms with Crippen LogP contribution in [0.4, 0.5) is 0 Å². The van der Waals surface area contributed by atoms with E-state index in [1.165, 1.54) is 0 Å². The molecular weight excluding hydrogens is 349 g/mol. The molecule has 0 saturated heterocycles. The molecule has 100 valence electrons. The molecule has 1 unspecified atom stereocenters. The van der Waals surface area contributed by atoms with Crippen molar-refractivity contribution in [2.45, 2.75) is 25.7 Å². The zero-order valence-electron chi connectivity index (χ0n) is 11.0. The first-order chi connectivity index (χ1) is 9.24. The Bertz CT molecular complexity index is 505. The molecule has 1 aliphatic carbocycles. The number of Topliss-reactive ketones (excluding diaryl/α,β-unsaturated/α-hetero) is 1. The summed E-state index contributed by atoms with van der Waals surface area (Å²) in [6.45, 7) is 3.01. The van der Waals surface area contributed by atoms with E-state index < -0.39 is 0 Å². The van der Waals surface area contributed by atoms with E-state index in [1.807, 2.05) is 42.5 Å². The van der Waals surface area contributed by atoms with Gasteiger partial charge in [-0.2, -0.15) is 0 Å². The quantitative estimate of drug-likeness (QED) is 0.631. The highest BCUT2D eigenvalue weighted by atomic mass is 127. The van der Waals surface area contributed by atoms with Crippen molar-refractivity contribution in [1.82, 2.24) is 5.32 Å². The highest BCUT2D eigenvalue weighted by molar-refractivity contribution is 14.1. The van der Waals surface area contributed by atoms with Crippen LogP contribution < -0.4 is 5.32 Å². The normalized spacial score (nSPS) is 18.8. The van der Waals surface area contributed by atoms with Gasteiger partial charge in [-0.25, -0.2) is 0 Å². The maximum Gasteiger partial charge on any atom is 0.190 e. The molecule has 0 aromatic heterocycles. The van der Waals surface area contributed by atoms with Crippen LogP contribution in [-0.2, 0) is 4.79 Å². The molecule has 0 amide bonds. The molecule has 2 nitrogen and oxygen atoms in total. The number of halogens is 1. The van der Waals surface area contributed by atoms with Crippen LogP contribution in [0.2, 0.25) is 0 Å². The van der Waals surface area contributed by atoms with Crippen LogP contribution in [0.5, 0.6) is 0 Å². The van der Waals surface area contributed by atoms with E-state index in [0.717, 1.165) is 34.2 Å². The van der Waals surface area contributed by atoms with E-state index in [9.17, 15) is 4.79 Å². The second-order valence-corrected chi connectivity index (χ2v) is 5.78. The molecule has 0 radical (unpaired) electrons. The van der Waals surface area contributed by atoms with Gasteiger partial charge in [-0.05, 0) is 40.7 Å². The van der Waals surface area contributed by atoms with Crippen molar-refractivity contribution in [1.29, 1.82) is 0 Å². The number of allylic oxidation sites excluding steroid dienone is 4. The Morgan fingerprint density at radius 1 is 1.26 bits per heavy atom. The lowest BCUT2D eigenvalue weighted by atomic mass is 9.89. The van der Waals surface area contributed by atoms with Gasteiger partial charge in [0, 0.05) is 10.1 Å². The van der Waals surface area contributed by atoms with Gasteiger partial charge in [-0.3, -0.25) is 4.79 Å². The zero-order valence-corrected chi connectivity index (χ0v) is 13.2. The molecule has 0 heterocycles. The molecular formula is C16H18INO. The van der Waals surface area contributed by atoms with Crippen LogP contribution in [0.3, 0.4) is 0 Å². The van der Waals surface area contributed by atoms with Crippen LogP contribution in [0, 0.1) is 0 Å². The summed E-state index contributed by atoms with van der Waals surface area (Å²) in [5, 5.41) is 3.29. The molecule has 1 atom stereocenters. The molecule has 1 aromatic rings. The number of carbonyl (C=O) groups is 1. The lowest BCUT2D eigenvalue weighted by Gasteiger charge is -2.20. The number of hydrogen-bond donors (Lipinski definition) is 1. The van der Waals surface area contributed by atoms with Crippen molar-refractivity contribution >= 4 is 28.4 Å². The van der Waals surface area contributed by atoms with Crippen LogP contribution in [0.1, 0.15) is 31.2 Å². The SMILES string of the molecule is CCCCNC1=C(I)C=CC(c2ccccc2)C1=O. The van der Waals surface area contributed by atoms with Gasteiger partial charge in [0.05, 0.1) is 11.6 Å². The number of ketones is 1. The van der Waals surface area contributed by atoms with E-state index in [1.54, 1.807) is 0 Å². The Morgan fingerprint density at radius 3 is 2.68 bits per heavy atom. The summed E-state index contributed by atoms with van der Waals surface area (Å²) >= 11 is 2.22. The predicted molar refractivity (Wildman–Crippen MR) is 87.3 cm³/mol. The third kappa shape index (κ3) is 3.47. The summed E-state index contributed by atoms with van der Waals surface area (Å²) in [7, 11) is 0. The molecule has 1 aliphatic rings. The molecule has 0 fully saturated rings. The average molecular weight is 367 g/mol. The van der Waals surface area contributed by atoms with Gasteiger partial charge in [-0.15, -0.1) is 0 Å². The van der Waals surface area contributed by atoms with Crippen LogP contribution in [0.15, 0.2) is 51.8 Å². The summed E-state index contributed by atoms with van der Waals surface area (Å²) in [5.74, 6) is 0.0260. The molecule has 0 spiro atoms. The van der Waals surface area contributed by atoms with Crippen molar-refractivity contribution in [2.75, 3.05) is 6.54 Å². The lowest BCUT2D eigenvalue weighted by Crippen LogP contribution is -2.28. The summed E-state index contributed by atoms with van der Waals surface area (Å²) in [6.07, 6.45) is 6.24. The first-order valence-electron chi connectivity index (χ1n) is 6.65. The monoisotopic (exact) mass is 367 g/mol. The number of nitrogens with one attached hydrogen (secondary N) is 1. The molecule has 0 aliphatic heterocycles. The lowest BCUT2D eigenvalue weighted by molar-refractivity contribution is -0.116. The number of hydrogen-bond acceptors (Lipinski definition) is 2. The van der Waals surface area contributed by atoms with Gasteiger partial charge in [0.25, 0.3) is 0 Å². The highest BCUT2D eigenvalue weighted by Crippen LogP contribution is 2.29. The molecule has 19 heavy (non-hydrogen) atoms. The van der Waals surface area contributed by atoms with Crippen molar-refractivity contribution in [2.24, 2.45) is 0 Å². The van der Waals surface area contributed by atoms with Crippen LogP contribution >= 0.6 is 22.6 Å². The fourth-order valence-electron chi connectivity index (χ4n) is 2.11. The molecule has 1 N–H and O–H groups in total. The molecule has 0 bridgehead atoms. The minimum absolute atomic E-state index is 0.149. The largest absolute Gasteiger partial charge is 0.381 e. The minimum Gasteiger partial charge on any atom is -0.381 e. The topological polar surface area (TPSA) is 29.1 Å². The Labute approximate surface area is 128 Å². The summed E-state index contributed by atoms with van der Waals surface area (Å²) in [5.41, 5.74) is 1.83. The summed E-state index contributed by atoms with van der Waals surface area (Å²) in [4.78, 5) is 12.6. The van der Waals surface area contributed by atoms with Gasteiger partial charge >= 0.3 is 0 Å². The number of carbonyl (C=O) groups excluding carboxylic acids is 1. The van der Waals surface area contributed by atoms with Crippen molar-refractivity contribution in [3.8, 4) is 0 Å². The second kappa shape index (κ2) is 6.89. The molecule has 0 saturated carbocycles. The van der Waals surface area contributed by atoms with E-state index in [4.69, 9.17) is 0 Å². The molecule has 1 aromatic carbocycles. The van der Waals surface area contributed by atoms with Gasteiger partial charge in [0.15, 0.2) is 5.78 Å². The molecule has 3 heteroatoms. The predicted octanol–water partition coefficient (Wildman–Crippen LogP) is 3.95. The Hall–Kier alpha value is -1.10. The first kappa shape index (κ1) is 14.3. The molecule has 2 rings (SSSR count). The number of unbranched alkanes of at least 4 members (excludes halogenated alkanes) is 1. The van der Waals surface area contributed by atoms with E-state index >= 15 is 0 Å². The fourth-order valence-corrected chi connectivity index (χ4v) is 2.77. The third-order valence-corrected chi connectivity index (χ3v) is 4.09. The van der Waals surface area contributed by atoms with Crippen molar-refractivity contribution in [3.05, 3.63) is 57.3 Å². The van der Waals surface area contributed by atoms with Gasteiger partial charge < -0.3 is 5.32 Å². The Balaban J connectivity index is 2.16. The van der Waals surface area contributed by atoms with Crippen LogP contribution in [-0.4, -0.2) is 12.3 Å². The summed E-state index contributed by atoms with van der Waals surface area (Å²) in [6, 6.07) is 9.94. The Kier molecular flexibility index (Phi) is 5.19. The maximum atomic E-state index is 12.6. The van der Waals surface area contributed by atoms with Gasteiger partial charge in [-0.1, -0.05) is 49.8 Å². The fraction of sp³-hybridized carbons (Fsp3) is 0.312. The number of benzene rings is 1. The average Bonchev–Trinajstić information content (AvgIpc) is 2.43. The van der Waals surface area contributed by atoms with Gasteiger partial charge in [0.2, 0.25) is 0 Å². The zero-order chi connectivity index (χ0) is 13.7. The first-order valence-corrected chi connectivity index (χ1v) is 7.73. The minimum atomic E-state index is -0.149. The Morgan fingerprint density at radius 2 is 2.00 bits per heavy atom. The third-order valence-electron chi connectivity index (χ3n) is 3.19.